The van der Waals surface area contributed by atoms with Crippen LogP contribution in [-0.4, -0.2) is 28.8 Å². The first-order valence-corrected chi connectivity index (χ1v) is 6.33. The third-order valence-corrected chi connectivity index (χ3v) is 2.86. The minimum absolute atomic E-state index is 0.132. The van der Waals surface area contributed by atoms with Gasteiger partial charge >= 0.3 is 0 Å². The van der Waals surface area contributed by atoms with E-state index in [2.05, 4.69) is 10.6 Å². The van der Waals surface area contributed by atoms with E-state index in [1.165, 1.54) is 32.0 Å². The second kappa shape index (κ2) is 6.21. The van der Waals surface area contributed by atoms with Crippen molar-refractivity contribution in [3.63, 3.8) is 0 Å². The van der Waals surface area contributed by atoms with Gasteiger partial charge in [0.05, 0.1) is 4.92 Å². The summed E-state index contributed by atoms with van der Waals surface area (Å²) >= 11 is 0. The van der Waals surface area contributed by atoms with Gasteiger partial charge in [-0.3, -0.25) is 19.7 Å². The number of nitrogens with one attached hydrogen (secondary N) is 2. The monoisotopic (exact) mass is 294 g/mol. The minimum atomic E-state index is -1.31. The number of carbonyl (C=O) groups is 2. The molecule has 0 bridgehead atoms. The summed E-state index contributed by atoms with van der Waals surface area (Å²) in [5.41, 5.74) is 3.97. The summed E-state index contributed by atoms with van der Waals surface area (Å²) in [5.74, 6) is -1.47. The first-order chi connectivity index (χ1) is 9.69. The minimum Gasteiger partial charge on any atom is -0.385 e. The molecular weight excluding hydrogens is 276 g/mol. The standard InChI is InChI=1S/C13H18N4O4/c1-4-15-8-5-6-10(17(20)21)9(7-8)11(18)16-13(2,3)12(14)19/h5-7,15H,4H2,1-3H3,(H2,14,19)(H,16,18). The predicted octanol–water partition coefficient (Wildman–Crippen LogP) is 1.02. The van der Waals surface area contributed by atoms with Crippen molar-refractivity contribution in [3.05, 3.63) is 33.9 Å². The lowest BCUT2D eigenvalue weighted by atomic mass is 10.0. The fraction of sp³-hybridized carbons (Fsp3) is 0.385. The SMILES string of the molecule is CCNc1ccc([N+](=O)[O-])c(C(=O)NC(C)(C)C(N)=O)c1. The largest absolute Gasteiger partial charge is 0.385 e. The molecule has 114 valence electrons. The number of hydrogen-bond donors (Lipinski definition) is 3. The first-order valence-electron chi connectivity index (χ1n) is 6.33. The van der Waals surface area contributed by atoms with Crippen molar-refractivity contribution in [1.29, 1.82) is 0 Å². The molecule has 0 spiro atoms. The molecule has 0 atom stereocenters. The summed E-state index contributed by atoms with van der Waals surface area (Å²) in [4.78, 5) is 33.8. The highest BCUT2D eigenvalue weighted by Gasteiger charge is 2.30. The predicted molar refractivity (Wildman–Crippen MR) is 78.0 cm³/mol. The first kappa shape index (κ1) is 16.4. The third-order valence-electron chi connectivity index (χ3n) is 2.86. The zero-order chi connectivity index (χ0) is 16.2. The third kappa shape index (κ3) is 3.91. The number of nitrogens with zero attached hydrogens (tertiary/aromatic N) is 1. The van der Waals surface area contributed by atoms with Crippen LogP contribution in [0, 0.1) is 10.1 Å². The maximum absolute atomic E-state index is 12.2. The molecule has 0 aliphatic carbocycles. The smallest absolute Gasteiger partial charge is 0.282 e. The summed E-state index contributed by atoms with van der Waals surface area (Å²) in [6, 6.07) is 4.12. The van der Waals surface area contributed by atoms with Crippen molar-refractivity contribution < 1.29 is 14.5 Å². The van der Waals surface area contributed by atoms with Crippen LogP contribution in [0.5, 0.6) is 0 Å². The molecule has 0 aromatic heterocycles. The molecule has 2 amide bonds. The van der Waals surface area contributed by atoms with Crippen LogP contribution >= 0.6 is 0 Å². The molecular formula is C13H18N4O4. The van der Waals surface area contributed by atoms with E-state index in [9.17, 15) is 19.7 Å². The lowest BCUT2D eigenvalue weighted by molar-refractivity contribution is -0.385. The molecule has 8 heteroatoms. The Morgan fingerprint density at radius 1 is 1.38 bits per heavy atom. The van der Waals surface area contributed by atoms with Crippen LogP contribution < -0.4 is 16.4 Å². The number of nitrogens with two attached hydrogens (primary N) is 1. The van der Waals surface area contributed by atoms with Crippen LogP contribution in [-0.2, 0) is 4.79 Å². The average molecular weight is 294 g/mol. The molecule has 0 unspecified atom stereocenters. The van der Waals surface area contributed by atoms with Gasteiger partial charge in [-0.15, -0.1) is 0 Å². The van der Waals surface area contributed by atoms with Crippen LogP contribution in [0.25, 0.3) is 0 Å². The highest BCUT2D eigenvalue weighted by molar-refractivity contribution is 6.02. The summed E-state index contributed by atoms with van der Waals surface area (Å²) in [5, 5.41) is 16.4. The number of nitro benzene ring substituents is 1. The van der Waals surface area contributed by atoms with Gasteiger partial charge < -0.3 is 16.4 Å². The number of carbonyl (C=O) groups excluding carboxylic acids is 2. The van der Waals surface area contributed by atoms with E-state index >= 15 is 0 Å². The zero-order valence-electron chi connectivity index (χ0n) is 12.1. The van der Waals surface area contributed by atoms with Crippen molar-refractivity contribution in [2.75, 3.05) is 11.9 Å². The van der Waals surface area contributed by atoms with Gasteiger partial charge in [-0.25, -0.2) is 0 Å². The van der Waals surface area contributed by atoms with Gasteiger partial charge in [-0.05, 0) is 32.9 Å². The zero-order valence-corrected chi connectivity index (χ0v) is 12.1. The van der Waals surface area contributed by atoms with Gasteiger partial charge in [0.1, 0.15) is 11.1 Å². The van der Waals surface area contributed by atoms with Gasteiger partial charge in [0, 0.05) is 18.3 Å². The Bertz CT molecular complexity index is 584. The molecule has 1 aromatic rings. The summed E-state index contributed by atoms with van der Waals surface area (Å²) < 4.78 is 0. The fourth-order valence-corrected chi connectivity index (χ4v) is 1.60. The highest BCUT2D eigenvalue weighted by atomic mass is 16.6. The van der Waals surface area contributed by atoms with Crippen LogP contribution in [0.4, 0.5) is 11.4 Å². The molecule has 0 saturated heterocycles. The lowest BCUT2D eigenvalue weighted by Crippen LogP contribution is -2.53. The van der Waals surface area contributed by atoms with Gasteiger partial charge in [0.25, 0.3) is 11.6 Å². The summed E-state index contributed by atoms with van der Waals surface area (Å²) in [6.07, 6.45) is 0. The van der Waals surface area contributed by atoms with Crippen LogP contribution in [0.1, 0.15) is 31.1 Å². The van der Waals surface area contributed by atoms with Crippen molar-refractivity contribution in [2.24, 2.45) is 5.73 Å². The Kier molecular flexibility index (Phi) is 4.85. The van der Waals surface area contributed by atoms with Gasteiger partial charge in [0.2, 0.25) is 5.91 Å². The van der Waals surface area contributed by atoms with E-state index in [4.69, 9.17) is 5.73 Å². The number of anilines is 1. The Hall–Kier alpha value is -2.64. The number of rotatable bonds is 6. The number of nitro groups is 1. The van der Waals surface area contributed by atoms with Gasteiger partial charge in [-0.2, -0.15) is 0 Å². The molecule has 1 rings (SSSR count). The maximum atomic E-state index is 12.2. The molecule has 0 saturated carbocycles. The maximum Gasteiger partial charge on any atom is 0.282 e. The van der Waals surface area contributed by atoms with Gasteiger partial charge in [0.15, 0.2) is 0 Å². The molecule has 21 heavy (non-hydrogen) atoms. The van der Waals surface area contributed by atoms with Crippen molar-refractivity contribution in [2.45, 2.75) is 26.3 Å². The quantitative estimate of drug-likeness (QED) is 0.533. The Morgan fingerprint density at radius 3 is 2.48 bits per heavy atom. The van der Waals surface area contributed by atoms with E-state index in [0.717, 1.165) is 0 Å². The number of amides is 2. The lowest BCUT2D eigenvalue weighted by Gasteiger charge is -2.22. The van der Waals surface area contributed by atoms with Crippen LogP contribution in [0.3, 0.4) is 0 Å². The number of hydrogen-bond acceptors (Lipinski definition) is 5. The summed E-state index contributed by atoms with van der Waals surface area (Å²) in [7, 11) is 0. The second-order valence-corrected chi connectivity index (χ2v) is 4.96. The highest BCUT2D eigenvalue weighted by Crippen LogP contribution is 2.23. The average Bonchev–Trinajstić information content (AvgIpc) is 2.38. The molecule has 4 N–H and O–H groups in total. The second-order valence-electron chi connectivity index (χ2n) is 4.96. The number of primary amides is 1. The molecule has 0 aliphatic rings. The van der Waals surface area contributed by atoms with Crippen LogP contribution in [0.2, 0.25) is 0 Å². The van der Waals surface area contributed by atoms with Gasteiger partial charge in [-0.1, -0.05) is 0 Å². The van der Waals surface area contributed by atoms with Crippen molar-refractivity contribution >= 4 is 23.2 Å². The molecule has 8 nitrogen and oxygen atoms in total. The normalized spacial score (nSPS) is 10.8. The van der Waals surface area contributed by atoms with Crippen LogP contribution in [0.15, 0.2) is 18.2 Å². The van der Waals surface area contributed by atoms with E-state index < -0.39 is 22.3 Å². The van der Waals surface area contributed by atoms with Crippen molar-refractivity contribution in [3.8, 4) is 0 Å². The Labute approximate surface area is 121 Å². The topological polar surface area (TPSA) is 127 Å². The van der Waals surface area contributed by atoms with Crippen molar-refractivity contribution in [1.82, 2.24) is 5.32 Å². The number of benzene rings is 1. The molecule has 0 heterocycles. The Balaban J connectivity index is 3.19. The molecule has 0 radical (unpaired) electrons. The van der Waals surface area contributed by atoms with E-state index in [1.807, 2.05) is 6.92 Å². The molecule has 0 aliphatic heterocycles. The van der Waals surface area contributed by atoms with E-state index in [1.54, 1.807) is 0 Å². The fourth-order valence-electron chi connectivity index (χ4n) is 1.60. The van der Waals surface area contributed by atoms with E-state index in [-0.39, 0.29) is 11.3 Å². The molecule has 1 aromatic carbocycles. The summed E-state index contributed by atoms with van der Waals surface area (Å²) in [6.45, 7) is 5.31. The molecule has 0 fully saturated rings. The van der Waals surface area contributed by atoms with E-state index in [0.29, 0.717) is 12.2 Å². The Morgan fingerprint density at radius 2 is 2.00 bits per heavy atom.